The van der Waals surface area contributed by atoms with Gasteiger partial charge in [-0.25, -0.2) is 4.98 Å². The number of hydrogen-bond donors (Lipinski definition) is 17. The number of aliphatic imine (C=N–C) groups is 1. The number of carbonyl (C=O) groups is 14. The lowest BCUT2D eigenvalue weighted by atomic mass is 9.97. The highest BCUT2D eigenvalue weighted by Gasteiger charge is 2.39. The van der Waals surface area contributed by atoms with E-state index in [4.69, 9.17) is 17.2 Å². The Hall–Kier alpha value is -10.2. The minimum absolute atomic E-state index is 0.0265. The first-order valence-corrected chi connectivity index (χ1v) is 31.1. The van der Waals surface area contributed by atoms with Crippen molar-refractivity contribution in [1.82, 2.24) is 68.0 Å². The quantitative estimate of drug-likeness (QED) is 0.0143. The number of phenols is 1. The van der Waals surface area contributed by atoms with Crippen LogP contribution in [0.4, 0.5) is 0 Å². The Morgan fingerprint density at radius 1 is 0.695 bits per heavy atom. The number of imidazole rings is 1. The van der Waals surface area contributed by atoms with Gasteiger partial charge >= 0.3 is 11.9 Å². The molecule has 0 saturated carbocycles. The monoisotopic (exact) mass is 1340 g/mol. The highest BCUT2D eigenvalue weighted by molar-refractivity contribution is 6.00. The van der Waals surface area contributed by atoms with Crippen molar-refractivity contribution in [2.75, 3.05) is 13.1 Å². The number of rotatable bonds is 33. The van der Waals surface area contributed by atoms with Crippen molar-refractivity contribution in [3.8, 4) is 5.75 Å². The number of carboxylic acids is 2. The average molecular weight is 1340 g/mol. The molecule has 0 fully saturated rings. The molecule has 34 nitrogen and oxygen atoms in total. The second kappa shape index (κ2) is 38.7. The zero-order valence-electron chi connectivity index (χ0n) is 54.8. The largest absolute Gasteiger partial charge is 0.508 e. The molecule has 12 amide bonds. The molecule has 1 aromatic carbocycles. The van der Waals surface area contributed by atoms with Crippen molar-refractivity contribution < 1.29 is 82.4 Å². The minimum atomic E-state index is -1.78. The Labute approximate surface area is 549 Å². The molecule has 1 aromatic heterocycles. The van der Waals surface area contributed by atoms with Gasteiger partial charge in [-0.3, -0.25) is 72.1 Å². The summed E-state index contributed by atoms with van der Waals surface area (Å²) in [6.07, 6.45) is 3.47. The van der Waals surface area contributed by atoms with E-state index in [0.717, 1.165) is 4.90 Å². The zero-order chi connectivity index (χ0) is 71.4. The summed E-state index contributed by atoms with van der Waals surface area (Å²) in [5.74, 6) is -15.9. The van der Waals surface area contributed by atoms with Crippen LogP contribution in [-0.2, 0) is 80.0 Å². The molecular formula is C61H93N17O17. The number of benzene rings is 1. The fraction of sp³-hybridized carbons (Fsp3) is 0.574. The summed E-state index contributed by atoms with van der Waals surface area (Å²) in [7, 11) is 0. The first-order valence-electron chi connectivity index (χ1n) is 31.1. The smallest absolute Gasteiger partial charge is 0.325 e. The van der Waals surface area contributed by atoms with Gasteiger partial charge in [-0.15, -0.1) is 0 Å². The third kappa shape index (κ3) is 27.1. The van der Waals surface area contributed by atoms with Crippen LogP contribution in [0.25, 0.3) is 0 Å². The van der Waals surface area contributed by atoms with Crippen molar-refractivity contribution in [3.05, 3.63) is 60.2 Å². The predicted octanol–water partition coefficient (Wildman–Crippen LogP) is -3.41. The number of aromatic nitrogens is 2. The van der Waals surface area contributed by atoms with Crippen LogP contribution >= 0.6 is 0 Å². The van der Waals surface area contributed by atoms with E-state index in [0.29, 0.717) is 17.7 Å². The molecule has 0 bridgehead atoms. The van der Waals surface area contributed by atoms with Crippen molar-refractivity contribution in [2.24, 2.45) is 39.9 Å². The van der Waals surface area contributed by atoms with Gasteiger partial charge in [0.15, 0.2) is 5.96 Å². The van der Waals surface area contributed by atoms with Crippen LogP contribution in [0.2, 0.25) is 0 Å². The van der Waals surface area contributed by atoms with E-state index in [1.54, 1.807) is 41.5 Å². The molecule has 0 unspecified atom stereocenters. The molecule has 1 aliphatic rings. The van der Waals surface area contributed by atoms with Gasteiger partial charge in [-0.05, 0) is 81.9 Å². The number of primary amides is 1. The van der Waals surface area contributed by atoms with Crippen molar-refractivity contribution in [1.29, 1.82) is 0 Å². The van der Waals surface area contributed by atoms with E-state index < -0.39 is 174 Å². The zero-order valence-corrected chi connectivity index (χ0v) is 54.8. The topological polar surface area (TPSA) is 542 Å². The van der Waals surface area contributed by atoms with E-state index in [9.17, 15) is 82.4 Å². The summed E-state index contributed by atoms with van der Waals surface area (Å²) in [5, 5.41) is 54.2. The normalized spacial score (nSPS) is 18.8. The van der Waals surface area contributed by atoms with Gasteiger partial charge in [0.25, 0.3) is 0 Å². The predicted molar refractivity (Wildman–Crippen MR) is 342 cm³/mol. The number of carboxylic acid groups (broad SMARTS) is 2. The second-order valence-electron chi connectivity index (χ2n) is 24.0. The summed E-state index contributed by atoms with van der Waals surface area (Å²) in [6.45, 7) is 13.4. The van der Waals surface area contributed by atoms with Gasteiger partial charge in [0.05, 0.1) is 19.2 Å². The van der Waals surface area contributed by atoms with Crippen molar-refractivity contribution >= 4 is 88.8 Å². The van der Waals surface area contributed by atoms with Gasteiger partial charge in [-0.1, -0.05) is 72.2 Å². The van der Waals surface area contributed by atoms with E-state index >= 15 is 0 Å². The van der Waals surface area contributed by atoms with Crippen LogP contribution < -0.4 is 70.4 Å². The lowest BCUT2D eigenvalue weighted by molar-refractivity contribution is -0.143. The Bertz CT molecular complexity index is 3080. The van der Waals surface area contributed by atoms with E-state index in [1.807, 2.05) is 0 Å². The first kappa shape index (κ1) is 79.1. The molecule has 0 spiro atoms. The van der Waals surface area contributed by atoms with Gasteiger partial charge in [-0.2, -0.15) is 0 Å². The summed E-state index contributed by atoms with van der Waals surface area (Å²) in [6, 6.07) is -10.6. The molecule has 2 heterocycles. The number of H-pyrrole nitrogens is 1. The summed E-state index contributed by atoms with van der Waals surface area (Å²) < 4.78 is 0. The van der Waals surface area contributed by atoms with E-state index in [2.05, 4.69) is 68.1 Å². The first-order chi connectivity index (χ1) is 44.6. The maximum Gasteiger partial charge on any atom is 0.325 e. The average Bonchev–Trinajstić information content (AvgIpc) is 1.03. The fourth-order valence-corrected chi connectivity index (χ4v) is 9.64. The number of nitrogens with two attached hydrogens (primary N) is 3. The Morgan fingerprint density at radius 2 is 1.27 bits per heavy atom. The molecule has 524 valence electrons. The van der Waals surface area contributed by atoms with Gasteiger partial charge in [0.1, 0.15) is 72.2 Å². The van der Waals surface area contributed by atoms with Gasteiger partial charge in [0.2, 0.25) is 70.9 Å². The number of carbonyl (C=O) groups excluding carboxylic acids is 12. The lowest BCUT2D eigenvalue weighted by Gasteiger charge is -2.32. The number of aromatic hydroxyl groups is 1. The third-order valence-electron chi connectivity index (χ3n) is 15.2. The lowest BCUT2D eigenvalue weighted by Crippen LogP contribution is -2.62. The number of aliphatic carboxylic acids is 2. The number of hydrogen-bond acceptors (Lipinski definition) is 17. The number of phenolic OH excluding ortho intramolecular Hbond substituents is 1. The number of amides is 12. The van der Waals surface area contributed by atoms with E-state index in [1.165, 1.54) is 69.7 Å². The number of nitrogens with zero attached hydrogens (tertiary/aromatic N) is 3. The van der Waals surface area contributed by atoms with Gasteiger partial charge < -0.3 is 95.6 Å². The highest BCUT2D eigenvalue weighted by atomic mass is 16.4. The molecule has 2 aromatic rings. The Kier molecular flexibility index (Phi) is 32.2. The minimum Gasteiger partial charge on any atom is -0.508 e. The number of nitrogens with one attached hydrogen (secondary N) is 11. The van der Waals surface area contributed by atoms with Crippen LogP contribution in [0, 0.1) is 17.8 Å². The molecular weight excluding hydrogens is 1240 g/mol. The molecule has 0 aliphatic carbocycles. The molecule has 3 rings (SSSR count). The molecule has 1 aliphatic heterocycles. The maximum atomic E-state index is 14.5. The Balaban J connectivity index is 1.95. The van der Waals surface area contributed by atoms with Crippen LogP contribution in [-0.4, -0.2) is 199 Å². The SMILES string of the molecule is CC[C@H](C)[C@@H]1NC(=O)[C@H](CC(=O)O)NC(=O)CC/C=C\CN([C@@H](C)C(=O)N[C@@H](CC(N)=O)C(=O)N[C@@H](CC(C)C)C(=O)N[C@H](C(=O)N[C@@H](CCCN=C(N)N)C(=O)N[C@@H](Cc2cnc[nH]2)C(=O)N[C@@H](Cc2ccc(O)cc2)C(=O)N[C@@H](C)C(=O)O)C(C)C)C(=O)[C@H](C)NC1=O. The van der Waals surface area contributed by atoms with Crippen LogP contribution in [0.5, 0.6) is 5.75 Å². The molecule has 34 heteroatoms. The maximum absolute atomic E-state index is 14.5. The summed E-state index contributed by atoms with van der Waals surface area (Å²) in [4.78, 5) is 202. The highest BCUT2D eigenvalue weighted by Crippen LogP contribution is 2.16. The molecule has 20 N–H and O–H groups in total. The number of aromatic amines is 1. The van der Waals surface area contributed by atoms with Crippen LogP contribution in [0.3, 0.4) is 0 Å². The summed E-state index contributed by atoms with van der Waals surface area (Å²) >= 11 is 0. The fourth-order valence-electron chi connectivity index (χ4n) is 9.64. The van der Waals surface area contributed by atoms with Crippen molar-refractivity contribution in [3.63, 3.8) is 0 Å². The molecule has 95 heavy (non-hydrogen) atoms. The number of allylic oxidation sites excluding steroid dienone is 1. The molecule has 12 atom stereocenters. The number of guanidine groups is 1. The molecule has 0 radical (unpaired) electrons. The van der Waals surface area contributed by atoms with Gasteiger partial charge in [0, 0.05) is 44.2 Å². The van der Waals surface area contributed by atoms with Crippen molar-refractivity contribution in [2.45, 2.75) is 193 Å². The molecule has 0 saturated heterocycles. The van der Waals surface area contributed by atoms with Crippen LogP contribution in [0.15, 0.2) is 53.9 Å². The summed E-state index contributed by atoms with van der Waals surface area (Å²) in [5.41, 5.74) is 17.5. The standard InChI is InChI=1S/C61H93N17O17/c1-10-32(6)49-58(92)68-33(7)59(93)78(22-13-11-12-16-46(81)70-44(27-47(82)83)56(90)77-49)35(9)50(84)72-43(26-45(62)80)54(88)73-40(23-30(2)3)55(89)76-48(31(4)5)57(91)71-39(15-14-21-66-61(63)64)51(85)75-42(25-37-28-65-29-67-37)53(87)74-41(52(86)69-34(8)60(94)95)24-36-17-19-38(79)20-18-36/h11,13,17-20,28-35,39-44,48-49,79H,10,12,14-16,21-27H2,1-9H3,(H2,62,80)(H,65,67)(H,68,92)(H,69,86)(H,70,81)(H,71,91)(H,72,84)(H,73,88)(H,74,87)(H,75,85)(H,76,89)(H,77,90)(H,82,83)(H,94,95)(H4,63,64,66)/b13-11-/t32-,33-,34-,35-,39-,40-,41-,42-,43-,44-,48-,49-/m0/s1. The second-order valence-corrected chi connectivity index (χ2v) is 24.0. The van der Waals surface area contributed by atoms with Crippen LogP contribution in [0.1, 0.15) is 125 Å². The Morgan fingerprint density at radius 3 is 1.84 bits per heavy atom. The van der Waals surface area contributed by atoms with E-state index in [-0.39, 0.29) is 75.7 Å². The third-order valence-corrected chi connectivity index (χ3v) is 15.2.